The number of carbonyl (C=O) groups excluding carboxylic acids is 1. The van der Waals surface area contributed by atoms with Crippen LogP contribution in [0.3, 0.4) is 0 Å². The number of aromatic nitrogens is 3. The highest BCUT2D eigenvalue weighted by Gasteiger charge is 2.37. The molecule has 1 aliphatic heterocycles. The molecule has 0 spiro atoms. The SMILES string of the molecule is C=N/C(=C(\C(C)=C/C)n1c(=O)nc(N2C[C@@H](C)N(C(=O)OC(C)(C)C)[C@@H](C)C2)c2cc(Cl)c(Cl)nc21)C(C)C. The van der Waals surface area contributed by atoms with Crippen molar-refractivity contribution in [2.24, 2.45) is 10.9 Å². The van der Waals surface area contributed by atoms with Crippen molar-refractivity contribution in [1.82, 2.24) is 19.4 Å². The lowest BCUT2D eigenvalue weighted by Gasteiger charge is -2.45. The molecule has 3 rings (SSSR count). The molecule has 2 aromatic heterocycles. The number of amides is 1. The van der Waals surface area contributed by atoms with E-state index in [1.165, 1.54) is 4.57 Å². The van der Waals surface area contributed by atoms with E-state index in [2.05, 4.69) is 21.7 Å². The van der Waals surface area contributed by atoms with E-state index in [0.29, 0.717) is 41.3 Å². The Balaban J connectivity index is 2.24. The van der Waals surface area contributed by atoms with Crippen LogP contribution < -0.4 is 10.6 Å². The summed E-state index contributed by atoms with van der Waals surface area (Å²) in [5.41, 5.74) is 1.17. The molecule has 0 radical (unpaired) electrons. The first kappa shape index (κ1) is 30.6. The van der Waals surface area contributed by atoms with Crippen LogP contribution in [0.5, 0.6) is 0 Å². The number of fused-ring (bicyclic) bond motifs is 1. The quantitative estimate of drug-likeness (QED) is 0.231. The smallest absolute Gasteiger partial charge is 0.410 e. The topological polar surface area (TPSA) is 92.9 Å². The number of pyridine rings is 1. The van der Waals surface area contributed by atoms with Crippen molar-refractivity contribution < 1.29 is 9.53 Å². The first-order chi connectivity index (χ1) is 18.1. The fourth-order valence-corrected chi connectivity index (χ4v) is 5.14. The number of hydrogen-bond donors (Lipinski definition) is 0. The zero-order valence-electron chi connectivity index (χ0n) is 24.2. The van der Waals surface area contributed by atoms with Crippen LogP contribution in [0.4, 0.5) is 10.6 Å². The third-order valence-electron chi connectivity index (χ3n) is 6.57. The summed E-state index contributed by atoms with van der Waals surface area (Å²) in [4.78, 5) is 43.8. The average molecular weight is 578 g/mol. The van der Waals surface area contributed by atoms with Gasteiger partial charge in [0.25, 0.3) is 0 Å². The Hall–Kier alpha value is -2.91. The van der Waals surface area contributed by atoms with Gasteiger partial charge >= 0.3 is 11.8 Å². The summed E-state index contributed by atoms with van der Waals surface area (Å²) in [7, 11) is 0. The third-order valence-corrected chi connectivity index (χ3v) is 7.24. The number of rotatable bonds is 5. The van der Waals surface area contributed by atoms with Crippen molar-refractivity contribution in [3.05, 3.63) is 44.1 Å². The third kappa shape index (κ3) is 6.30. The maximum absolute atomic E-state index is 13.8. The maximum atomic E-state index is 13.8. The fraction of sp³-hybridized carbons (Fsp3) is 0.536. The van der Waals surface area contributed by atoms with Gasteiger partial charge in [-0.25, -0.2) is 19.1 Å². The van der Waals surface area contributed by atoms with Crippen LogP contribution >= 0.6 is 23.2 Å². The molecule has 3 heterocycles. The standard InChI is InChI=1S/C28H38Cl2N6O3/c1-11-16(4)22(21(31-10)15(2)3)36-25-19(12-20(29)23(30)32-25)24(33-26(36)37)34-13-17(5)35(18(6)14-34)27(38)39-28(7,8)9/h11-12,15,17-18H,10,13-14H2,1-9H3/b16-11-,22-21+/t17-,18+. The van der Waals surface area contributed by atoms with Crippen LogP contribution in [0.15, 0.2) is 33.2 Å². The van der Waals surface area contributed by atoms with E-state index in [4.69, 9.17) is 27.9 Å². The predicted molar refractivity (Wildman–Crippen MR) is 160 cm³/mol. The van der Waals surface area contributed by atoms with Crippen LogP contribution in [0.1, 0.15) is 62.3 Å². The van der Waals surface area contributed by atoms with Gasteiger partial charge in [-0.1, -0.05) is 43.1 Å². The van der Waals surface area contributed by atoms with Crippen molar-refractivity contribution in [3.8, 4) is 0 Å². The molecule has 2 atom stereocenters. The van der Waals surface area contributed by atoms with Crippen LogP contribution in [-0.2, 0) is 4.74 Å². The van der Waals surface area contributed by atoms with E-state index < -0.39 is 11.3 Å². The number of allylic oxidation sites excluding steroid dienone is 4. The molecule has 1 fully saturated rings. The second-order valence-corrected chi connectivity index (χ2v) is 12.0. The van der Waals surface area contributed by atoms with Gasteiger partial charge in [0.2, 0.25) is 0 Å². The molecular formula is C28H38Cl2N6O3. The molecule has 9 nitrogen and oxygen atoms in total. The first-order valence-corrected chi connectivity index (χ1v) is 13.8. The van der Waals surface area contributed by atoms with Crippen LogP contribution in [0.2, 0.25) is 10.2 Å². The Morgan fingerprint density at radius 3 is 2.28 bits per heavy atom. The van der Waals surface area contributed by atoms with E-state index in [0.717, 1.165) is 5.57 Å². The number of aliphatic imine (C=N–C) groups is 1. The van der Waals surface area contributed by atoms with E-state index in [-0.39, 0.29) is 34.3 Å². The molecule has 2 aromatic rings. The molecule has 1 aliphatic rings. The number of nitrogens with zero attached hydrogens (tertiary/aromatic N) is 6. The van der Waals surface area contributed by atoms with Crippen molar-refractivity contribution in [1.29, 1.82) is 0 Å². The Morgan fingerprint density at radius 1 is 1.21 bits per heavy atom. The van der Waals surface area contributed by atoms with Crippen molar-refractivity contribution in [2.75, 3.05) is 18.0 Å². The molecule has 0 aliphatic carbocycles. The van der Waals surface area contributed by atoms with Gasteiger partial charge in [-0.05, 0) is 72.7 Å². The Kier molecular flexibility index (Phi) is 9.17. The van der Waals surface area contributed by atoms with E-state index in [1.54, 1.807) is 11.0 Å². The minimum Gasteiger partial charge on any atom is -0.444 e. The average Bonchev–Trinajstić information content (AvgIpc) is 2.81. The molecule has 11 heteroatoms. The number of carbonyl (C=O) groups is 1. The lowest BCUT2D eigenvalue weighted by molar-refractivity contribution is 0.00562. The minimum absolute atomic E-state index is 0.0283. The van der Waals surface area contributed by atoms with E-state index in [1.807, 2.05) is 73.3 Å². The number of piperazine rings is 1. The van der Waals surface area contributed by atoms with Crippen molar-refractivity contribution in [2.45, 2.75) is 80.0 Å². The molecule has 0 unspecified atom stereocenters. The highest BCUT2D eigenvalue weighted by Crippen LogP contribution is 2.34. The highest BCUT2D eigenvalue weighted by atomic mass is 35.5. The summed E-state index contributed by atoms with van der Waals surface area (Å²) in [6, 6.07) is 1.26. The van der Waals surface area contributed by atoms with Gasteiger partial charge in [-0.15, -0.1) is 0 Å². The minimum atomic E-state index is -0.608. The molecule has 1 saturated heterocycles. The van der Waals surface area contributed by atoms with E-state index in [9.17, 15) is 9.59 Å². The van der Waals surface area contributed by atoms with Gasteiger partial charge < -0.3 is 9.64 Å². The molecular weight excluding hydrogens is 539 g/mol. The number of ether oxygens (including phenoxy) is 1. The Morgan fingerprint density at radius 2 is 1.79 bits per heavy atom. The zero-order chi connectivity index (χ0) is 29.4. The van der Waals surface area contributed by atoms with Gasteiger partial charge in [0.15, 0.2) is 5.65 Å². The predicted octanol–water partition coefficient (Wildman–Crippen LogP) is 6.42. The molecule has 0 saturated carbocycles. The van der Waals surface area contributed by atoms with Crippen LogP contribution in [-0.4, -0.2) is 63.0 Å². The highest BCUT2D eigenvalue weighted by molar-refractivity contribution is 6.41. The maximum Gasteiger partial charge on any atom is 0.410 e. The number of anilines is 1. The van der Waals surface area contributed by atoms with Gasteiger partial charge in [0.05, 0.1) is 33.9 Å². The summed E-state index contributed by atoms with van der Waals surface area (Å²) in [6.07, 6.45) is 1.52. The molecule has 212 valence electrons. The van der Waals surface area contributed by atoms with Gasteiger partial charge in [0, 0.05) is 13.1 Å². The summed E-state index contributed by atoms with van der Waals surface area (Å²) in [5, 5.41) is 0.869. The van der Waals surface area contributed by atoms with Gasteiger partial charge in [-0.2, -0.15) is 4.98 Å². The monoisotopic (exact) mass is 576 g/mol. The zero-order valence-corrected chi connectivity index (χ0v) is 25.7. The van der Waals surface area contributed by atoms with Gasteiger partial charge in [-0.3, -0.25) is 9.89 Å². The second-order valence-electron chi connectivity index (χ2n) is 11.2. The first-order valence-electron chi connectivity index (χ1n) is 13.0. The summed E-state index contributed by atoms with van der Waals surface area (Å²) >= 11 is 12.8. The fourth-order valence-electron chi connectivity index (χ4n) is 4.86. The summed E-state index contributed by atoms with van der Waals surface area (Å²) in [6.45, 7) is 21.8. The molecule has 0 N–H and O–H groups in total. The van der Waals surface area contributed by atoms with Gasteiger partial charge in [0.1, 0.15) is 16.6 Å². The lowest BCUT2D eigenvalue weighted by Crippen LogP contribution is -2.59. The molecule has 39 heavy (non-hydrogen) atoms. The van der Waals surface area contributed by atoms with Crippen LogP contribution in [0.25, 0.3) is 16.7 Å². The Bertz CT molecular complexity index is 1390. The van der Waals surface area contributed by atoms with Crippen molar-refractivity contribution in [3.63, 3.8) is 0 Å². The largest absolute Gasteiger partial charge is 0.444 e. The summed E-state index contributed by atoms with van der Waals surface area (Å²) in [5.74, 6) is 0.398. The number of halogens is 2. The molecule has 0 aromatic carbocycles. The van der Waals surface area contributed by atoms with E-state index >= 15 is 0 Å². The molecule has 1 amide bonds. The Labute approximate surface area is 240 Å². The second kappa shape index (κ2) is 11.7. The normalized spacial score (nSPS) is 19.4. The van der Waals surface area contributed by atoms with Crippen LogP contribution in [0, 0.1) is 5.92 Å². The summed E-state index contributed by atoms with van der Waals surface area (Å²) < 4.78 is 7.07. The number of hydrogen-bond acceptors (Lipinski definition) is 7. The lowest BCUT2D eigenvalue weighted by atomic mass is 10.0. The van der Waals surface area contributed by atoms with Crippen molar-refractivity contribution >= 4 is 58.6 Å². The molecule has 0 bridgehead atoms.